The van der Waals surface area contributed by atoms with Gasteiger partial charge in [-0.1, -0.05) is 62.2 Å². The topological polar surface area (TPSA) is 319 Å². The number of imide groups is 1. The molecule has 0 aromatic heterocycles. The number of methoxy groups -OCH3 is 2. The van der Waals surface area contributed by atoms with Crippen molar-refractivity contribution < 1.29 is 71.9 Å². The van der Waals surface area contributed by atoms with Gasteiger partial charge in [-0.25, -0.2) is 9.59 Å². The van der Waals surface area contributed by atoms with Crippen LogP contribution in [0.25, 0.3) is 0 Å². The number of likely N-dealkylation sites (N-methyl/N-ethyl adjacent to an activating group) is 1. The number of esters is 2. The number of rotatable bonds is 21. The molecule has 8 N–H and O–H groups in total. The number of thiocarbonyl (C=S) groups is 1. The predicted octanol–water partition coefficient (Wildman–Crippen LogP) is 4.45. The fraction of sp³-hybridized carbons (Fsp3) is 0.541. The third-order valence-corrected chi connectivity index (χ3v) is 17.0. The molecule has 0 unspecified atom stereocenters. The van der Waals surface area contributed by atoms with E-state index >= 15 is 0 Å². The summed E-state index contributed by atoms with van der Waals surface area (Å²) in [7, 11) is 5.74. The van der Waals surface area contributed by atoms with Gasteiger partial charge in [0.05, 0.1) is 48.0 Å². The van der Waals surface area contributed by atoms with Crippen LogP contribution < -0.4 is 42.0 Å². The van der Waals surface area contributed by atoms with Crippen molar-refractivity contribution in [2.24, 2.45) is 17.6 Å². The lowest BCUT2D eigenvalue weighted by Crippen LogP contribution is -2.56. The molecule has 4 aliphatic heterocycles. The molecule has 0 spiro atoms. The molecule has 87 heavy (non-hydrogen) atoms. The first kappa shape index (κ1) is 68.7. The smallest absolute Gasteiger partial charge is 0.328 e. The van der Waals surface area contributed by atoms with Gasteiger partial charge in [0.1, 0.15) is 53.4 Å². The Morgan fingerprint density at radius 2 is 1.66 bits per heavy atom. The zero-order chi connectivity index (χ0) is 64.2. The van der Waals surface area contributed by atoms with Crippen LogP contribution in [0.4, 0.5) is 16.2 Å². The number of amides is 8. The fourth-order valence-corrected chi connectivity index (χ4v) is 11.3. The predicted molar refractivity (Wildman–Crippen MR) is 327 cm³/mol. The third-order valence-electron chi connectivity index (χ3n) is 16.3. The number of aliphatic hydroxyl groups is 1. The molecule has 4 bridgehead atoms. The van der Waals surface area contributed by atoms with E-state index in [0.29, 0.717) is 42.1 Å². The number of nitrogens with two attached hydrogens (primary N) is 1. The van der Waals surface area contributed by atoms with Crippen LogP contribution >= 0.6 is 23.8 Å². The Kier molecular flexibility index (Phi) is 23.7. The number of unbranched alkanes of at least 4 members (excludes halogenated alkanes) is 1. The molecule has 2 aromatic carbocycles. The number of anilines is 2. The van der Waals surface area contributed by atoms with Crippen LogP contribution in [0.2, 0.25) is 5.02 Å². The van der Waals surface area contributed by atoms with Crippen molar-refractivity contribution in [1.29, 1.82) is 0 Å². The minimum Gasteiger partial charge on any atom is -0.497 e. The first-order valence-corrected chi connectivity index (χ1v) is 29.7. The summed E-state index contributed by atoms with van der Waals surface area (Å²) in [6, 6.07) is 3.63. The van der Waals surface area contributed by atoms with Gasteiger partial charge in [0, 0.05) is 71.4 Å². The lowest BCUT2D eigenvalue weighted by molar-refractivity contribution is -0.187. The summed E-state index contributed by atoms with van der Waals surface area (Å²) >= 11 is 12.4. The van der Waals surface area contributed by atoms with Crippen molar-refractivity contribution in [2.75, 3.05) is 58.2 Å². The summed E-state index contributed by atoms with van der Waals surface area (Å²) in [5, 5.41) is 26.6. The van der Waals surface area contributed by atoms with E-state index in [1.54, 1.807) is 46.9 Å². The molecule has 8 amide bonds. The van der Waals surface area contributed by atoms with Crippen molar-refractivity contribution in [2.45, 2.75) is 154 Å². The molecule has 0 aliphatic carbocycles. The van der Waals surface area contributed by atoms with Crippen molar-refractivity contribution in [3.05, 3.63) is 88.0 Å². The Hall–Kier alpha value is -7.45. The van der Waals surface area contributed by atoms with Crippen LogP contribution in [-0.4, -0.2) is 175 Å². The third kappa shape index (κ3) is 17.4. The maximum Gasteiger partial charge on any atom is 0.328 e. The second kappa shape index (κ2) is 30.0. The van der Waals surface area contributed by atoms with Gasteiger partial charge in [-0.15, -0.1) is 0 Å². The van der Waals surface area contributed by atoms with E-state index in [4.69, 9.17) is 53.2 Å². The second-order valence-electron chi connectivity index (χ2n) is 23.1. The van der Waals surface area contributed by atoms with E-state index < -0.39 is 108 Å². The summed E-state index contributed by atoms with van der Waals surface area (Å²) < 4.78 is 29.8. The molecule has 24 nitrogen and oxygen atoms in total. The molecule has 474 valence electrons. The van der Waals surface area contributed by atoms with E-state index in [9.17, 15) is 48.3 Å². The quantitative estimate of drug-likeness (QED) is 0.0298. The van der Waals surface area contributed by atoms with Gasteiger partial charge >= 0.3 is 18.0 Å². The van der Waals surface area contributed by atoms with Crippen LogP contribution in [0.1, 0.15) is 108 Å². The first-order valence-electron chi connectivity index (χ1n) is 28.9. The fourth-order valence-electron chi connectivity index (χ4n) is 10.8. The zero-order valence-corrected chi connectivity index (χ0v) is 52.7. The van der Waals surface area contributed by atoms with Crippen LogP contribution in [-0.2, 0) is 58.9 Å². The summed E-state index contributed by atoms with van der Waals surface area (Å²) in [5.41, 5.74) is 5.02. The largest absolute Gasteiger partial charge is 0.497 e. The highest BCUT2D eigenvalue weighted by Gasteiger charge is 2.64. The number of carbonyl (C=O) groups is 9. The minimum absolute atomic E-state index is 0.0169. The van der Waals surface area contributed by atoms with Crippen molar-refractivity contribution in [1.82, 2.24) is 31.1 Å². The van der Waals surface area contributed by atoms with Crippen LogP contribution in [0.15, 0.2) is 66.3 Å². The van der Waals surface area contributed by atoms with E-state index in [-0.39, 0.29) is 78.6 Å². The van der Waals surface area contributed by atoms with Gasteiger partial charge < -0.3 is 70.9 Å². The second-order valence-corrected chi connectivity index (χ2v) is 23.9. The number of aryl methyl sites for hydroxylation is 1. The molecule has 2 aromatic rings. The van der Waals surface area contributed by atoms with Gasteiger partial charge in [-0.2, -0.15) is 0 Å². The highest BCUT2D eigenvalue weighted by atomic mass is 35.5. The molecule has 4 aliphatic rings. The Morgan fingerprint density at radius 1 is 0.966 bits per heavy atom. The number of hydrogen-bond donors (Lipinski definition) is 7. The van der Waals surface area contributed by atoms with Gasteiger partial charge in [0.15, 0.2) is 5.11 Å². The average molecular weight is 1250 g/mol. The van der Waals surface area contributed by atoms with Crippen molar-refractivity contribution in [3.8, 4) is 5.75 Å². The van der Waals surface area contributed by atoms with E-state index in [0.717, 1.165) is 20.9 Å². The minimum atomic E-state index is -1.67. The number of carbonyl (C=O) groups excluding carboxylic acids is 9. The standard InChI is InChI=1S/C61H82ClN9O15S/c1-33(2)52(68-59(87)65-23-12-13-25-71-47(72)21-22-48(71)73)55(77)66-41(17-15-24-64-58(63)80)54(76)67-42-29-39(82-10)19-20-40(42)56(78)69(8)37(6)57(79)85-46-30-49(74)70(9)43-28-38(27-35(4)51(43)62)26-34(3)16-14-18-45(83-11)61(81)31-44(84-50(75)32-61)36(5)53-60(46,7)86-53/h14,16,18-22,27-29,33,36-37,41,44-46,52-53,81H,12-13,15,17,23-26,30-32H2,1-11H3,(H,66,77)(H,67,76)(H3,63,64,80)(H2,65,68,87)/b18-14+,34-16+/t36-,37+,41+,44+,45-,46+,52+,53+,60+,61-/m1/s1. The lowest BCUT2D eigenvalue weighted by Gasteiger charge is -2.41. The molecule has 6 rings (SSSR count). The number of hydrogen-bond acceptors (Lipinski definition) is 16. The molecular weight excluding hydrogens is 1170 g/mol. The monoisotopic (exact) mass is 1250 g/mol. The van der Waals surface area contributed by atoms with Crippen molar-refractivity contribution >= 4 is 93.7 Å². The molecule has 26 heteroatoms. The SMILES string of the molecule is COc1ccc(C(=O)N(C)[C@@H](C)C(=O)O[C@H]2CC(=O)N(C)c3cc(cc(C)c3Cl)C/C(C)=C/C=C/[C@@H](OC)[C@]3(O)CC(=O)O[C@@H](C3)[C@@H](C)[C@@H]3O[C@@]23C)c(NC(=O)[C@H](CCCNC(N)=O)NC(=O)[C@@H](NC(=S)NCCCCN2C(=O)C=CC2=O)C(C)C)c1. The van der Waals surface area contributed by atoms with E-state index in [1.807, 2.05) is 32.1 Å². The summed E-state index contributed by atoms with van der Waals surface area (Å²) in [6.45, 7) is 12.8. The Morgan fingerprint density at radius 3 is 2.31 bits per heavy atom. The zero-order valence-electron chi connectivity index (χ0n) is 51.1. The molecular formula is C61H82ClN9O15S. The highest BCUT2D eigenvalue weighted by molar-refractivity contribution is 7.80. The molecule has 0 saturated carbocycles. The van der Waals surface area contributed by atoms with Crippen LogP contribution in [0.3, 0.4) is 0 Å². The number of nitrogens with zero attached hydrogens (tertiary/aromatic N) is 3. The summed E-state index contributed by atoms with van der Waals surface area (Å²) in [4.78, 5) is 125. The maximum absolute atomic E-state index is 14.7. The van der Waals surface area contributed by atoms with Crippen molar-refractivity contribution in [3.63, 3.8) is 0 Å². The Balaban J connectivity index is 1.22. The van der Waals surface area contributed by atoms with Gasteiger partial charge in [0.2, 0.25) is 17.7 Å². The number of ether oxygens (including phenoxy) is 5. The maximum atomic E-state index is 14.7. The van der Waals surface area contributed by atoms with Crippen LogP contribution in [0.5, 0.6) is 5.75 Å². The van der Waals surface area contributed by atoms with E-state index in [1.165, 1.54) is 63.4 Å². The Labute approximate surface area is 517 Å². The molecule has 0 radical (unpaired) electrons. The highest BCUT2D eigenvalue weighted by Crippen LogP contribution is 2.50. The summed E-state index contributed by atoms with van der Waals surface area (Å²) in [6.07, 6.45) is 4.76. The van der Waals surface area contributed by atoms with Gasteiger partial charge in [0.25, 0.3) is 17.7 Å². The molecule has 4 heterocycles. The number of nitrogens with one attached hydrogen (secondary N) is 5. The number of epoxide rings is 1. The number of fused-ring (bicyclic) bond motifs is 5. The van der Waals surface area contributed by atoms with Gasteiger partial charge in [-0.05, 0) is 107 Å². The number of allylic oxidation sites excluding steroid dienone is 3. The molecule has 2 saturated heterocycles. The van der Waals surface area contributed by atoms with Gasteiger partial charge in [-0.3, -0.25) is 38.5 Å². The summed E-state index contributed by atoms with van der Waals surface area (Å²) in [5.74, 6) is -5.69. The average Bonchev–Trinajstić information content (AvgIpc) is 1.59. The number of primary amides is 1. The normalized spacial score (nSPS) is 24.9. The number of halogens is 1. The molecule has 2 fully saturated rings. The number of benzene rings is 2. The first-order chi connectivity index (χ1) is 41.0. The number of urea groups is 1. The lowest BCUT2D eigenvalue weighted by atomic mass is 9.78. The van der Waals surface area contributed by atoms with E-state index in [2.05, 4.69) is 26.6 Å². The molecule has 10 atom stereocenters. The Bertz CT molecular complexity index is 3050. The van der Waals surface area contributed by atoms with Crippen LogP contribution in [0, 0.1) is 18.8 Å².